The van der Waals surface area contributed by atoms with Gasteiger partial charge in [0.15, 0.2) is 0 Å². The second-order valence-corrected chi connectivity index (χ2v) is 6.87. The first-order valence-electron chi connectivity index (χ1n) is 6.45. The summed E-state index contributed by atoms with van der Waals surface area (Å²) >= 11 is 0. The molecule has 0 radical (unpaired) electrons. The molecule has 19 heavy (non-hydrogen) atoms. The topological polar surface area (TPSA) is 72.2 Å². The molecule has 2 rings (SSSR count). The van der Waals surface area contributed by atoms with Crippen molar-refractivity contribution in [3.05, 3.63) is 23.5 Å². The summed E-state index contributed by atoms with van der Waals surface area (Å²) in [6.45, 7) is 1.85. The summed E-state index contributed by atoms with van der Waals surface area (Å²) in [5.41, 5.74) is 6.06. The van der Waals surface area contributed by atoms with Crippen LogP contribution in [0.2, 0.25) is 0 Å². The Morgan fingerprint density at radius 2 is 2.11 bits per heavy atom. The first kappa shape index (κ1) is 14.3. The van der Waals surface area contributed by atoms with Crippen molar-refractivity contribution < 1.29 is 12.8 Å². The van der Waals surface area contributed by atoms with Crippen molar-refractivity contribution in [1.82, 2.24) is 4.72 Å². The van der Waals surface area contributed by atoms with Crippen LogP contribution in [0.15, 0.2) is 17.0 Å². The van der Waals surface area contributed by atoms with Gasteiger partial charge in [-0.3, -0.25) is 0 Å². The minimum Gasteiger partial charge on any atom is -0.399 e. The van der Waals surface area contributed by atoms with E-state index in [1.165, 1.54) is 19.4 Å². The molecule has 3 N–H and O–H groups in total. The van der Waals surface area contributed by atoms with Crippen LogP contribution >= 0.6 is 0 Å². The van der Waals surface area contributed by atoms with Crippen LogP contribution in [0.5, 0.6) is 0 Å². The van der Waals surface area contributed by atoms with Crippen molar-refractivity contribution >= 4 is 15.7 Å². The molecular formula is C13H19FN2O2S. The largest absolute Gasteiger partial charge is 0.399 e. The normalized spacial score (nSPS) is 16.3. The van der Waals surface area contributed by atoms with Crippen molar-refractivity contribution in [3.8, 4) is 0 Å². The van der Waals surface area contributed by atoms with Gasteiger partial charge in [-0.2, -0.15) is 0 Å². The SMILES string of the molecule is Cc1cc(N)cc(S(=O)(=O)NCCC2CCC2)c1F. The van der Waals surface area contributed by atoms with Gasteiger partial charge in [-0.15, -0.1) is 0 Å². The number of aryl methyl sites for hydroxylation is 1. The van der Waals surface area contributed by atoms with E-state index in [0.29, 0.717) is 12.5 Å². The molecule has 0 amide bonds. The highest BCUT2D eigenvalue weighted by atomic mass is 32.2. The lowest BCUT2D eigenvalue weighted by Crippen LogP contribution is -2.28. The number of anilines is 1. The molecule has 1 aliphatic rings. The molecule has 1 aliphatic carbocycles. The number of hydrogen-bond donors (Lipinski definition) is 2. The molecule has 0 saturated heterocycles. The lowest BCUT2D eigenvalue weighted by atomic mass is 9.83. The van der Waals surface area contributed by atoms with Crippen molar-refractivity contribution in [2.75, 3.05) is 12.3 Å². The van der Waals surface area contributed by atoms with E-state index in [-0.39, 0.29) is 16.1 Å². The summed E-state index contributed by atoms with van der Waals surface area (Å²) in [6, 6.07) is 2.58. The molecule has 0 atom stereocenters. The number of nitrogens with two attached hydrogens (primary N) is 1. The highest BCUT2D eigenvalue weighted by molar-refractivity contribution is 7.89. The summed E-state index contributed by atoms with van der Waals surface area (Å²) in [6.07, 6.45) is 4.35. The zero-order chi connectivity index (χ0) is 14.0. The van der Waals surface area contributed by atoms with Gasteiger partial charge in [-0.25, -0.2) is 17.5 Å². The third-order valence-corrected chi connectivity index (χ3v) is 5.06. The van der Waals surface area contributed by atoms with E-state index in [4.69, 9.17) is 5.73 Å². The number of nitrogen functional groups attached to an aromatic ring is 1. The Morgan fingerprint density at radius 3 is 2.68 bits per heavy atom. The number of sulfonamides is 1. The average Bonchev–Trinajstić information content (AvgIpc) is 2.26. The third kappa shape index (κ3) is 3.25. The smallest absolute Gasteiger partial charge is 0.243 e. The third-order valence-electron chi connectivity index (χ3n) is 3.60. The molecule has 0 bridgehead atoms. The first-order chi connectivity index (χ1) is 8.90. The van der Waals surface area contributed by atoms with Crippen LogP contribution in [0.3, 0.4) is 0 Å². The van der Waals surface area contributed by atoms with Gasteiger partial charge in [0.25, 0.3) is 0 Å². The Labute approximate surface area is 113 Å². The summed E-state index contributed by atoms with van der Waals surface area (Å²) in [7, 11) is -3.82. The summed E-state index contributed by atoms with van der Waals surface area (Å²) in [4.78, 5) is -0.362. The first-order valence-corrected chi connectivity index (χ1v) is 7.94. The highest BCUT2D eigenvalue weighted by Gasteiger charge is 2.22. The molecule has 1 aromatic rings. The molecule has 1 fully saturated rings. The Kier molecular flexibility index (Phi) is 4.10. The fraction of sp³-hybridized carbons (Fsp3) is 0.538. The van der Waals surface area contributed by atoms with E-state index in [9.17, 15) is 12.8 Å². The van der Waals surface area contributed by atoms with Crippen molar-refractivity contribution in [3.63, 3.8) is 0 Å². The van der Waals surface area contributed by atoms with Gasteiger partial charge in [-0.1, -0.05) is 19.3 Å². The molecule has 106 valence electrons. The predicted octanol–water partition coefficient (Wildman–Crippen LogP) is 2.18. The van der Waals surface area contributed by atoms with Gasteiger partial charge >= 0.3 is 0 Å². The minimum atomic E-state index is -3.82. The molecule has 0 unspecified atom stereocenters. The van der Waals surface area contributed by atoms with E-state index in [1.54, 1.807) is 0 Å². The monoisotopic (exact) mass is 286 g/mol. The van der Waals surface area contributed by atoms with Gasteiger partial charge in [0.1, 0.15) is 10.7 Å². The Balaban J connectivity index is 2.09. The molecule has 1 saturated carbocycles. The summed E-state index contributed by atoms with van der Waals surface area (Å²) in [5.74, 6) is -0.125. The maximum atomic E-state index is 13.9. The van der Waals surface area contributed by atoms with Crippen LogP contribution in [0.4, 0.5) is 10.1 Å². The van der Waals surface area contributed by atoms with E-state index < -0.39 is 15.8 Å². The zero-order valence-corrected chi connectivity index (χ0v) is 11.8. The predicted molar refractivity (Wildman–Crippen MR) is 72.7 cm³/mol. The molecular weight excluding hydrogens is 267 g/mol. The Hall–Kier alpha value is -1.14. The van der Waals surface area contributed by atoms with Crippen molar-refractivity contribution in [2.45, 2.75) is 37.5 Å². The number of benzene rings is 1. The van der Waals surface area contributed by atoms with Gasteiger partial charge in [-0.05, 0) is 37.0 Å². The maximum absolute atomic E-state index is 13.9. The lowest BCUT2D eigenvalue weighted by Gasteiger charge is -2.25. The van der Waals surface area contributed by atoms with Crippen molar-refractivity contribution in [2.24, 2.45) is 5.92 Å². The quantitative estimate of drug-likeness (QED) is 0.815. The van der Waals surface area contributed by atoms with Crippen LogP contribution in [0, 0.1) is 18.7 Å². The van der Waals surface area contributed by atoms with E-state index in [2.05, 4.69) is 4.72 Å². The minimum absolute atomic E-state index is 0.236. The van der Waals surface area contributed by atoms with Gasteiger partial charge < -0.3 is 5.73 Å². The second-order valence-electron chi connectivity index (χ2n) is 5.13. The zero-order valence-electron chi connectivity index (χ0n) is 10.9. The molecule has 0 spiro atoms. The van der Waals surface area contributed by atoms with Crippen LogP contribution in [-0.4, -0.2) is 15.0 Å². The van der Waals surface area contributed by atoms with E-state index in [1.807, 2.05) is 0 Å². The van der Waals surface area contributed by atoms with Gasteiger partial charge in [0, 0.05) is 12.2 Å². The Bertz CT molecular complexity index is 568. The number of rotatable bonds is 5. The molecule has 0 heterocycles. The summed E-state index contributed by atoms with van der Waals surface area (Å²) in [5, 5.41) is 0. The van der Waals surface area contributed by atoms with E-state index >= 15 is 0 Å². The van der Waals surface area contributed by atoms with Crippen LogP contribution < -0.4 is 10.5 Å². The van der Waals surface area contributed by atoms with Crippen LogP contribution in [0.1, 0.15) is 31.2 Å². The van der Waals surface area contributed by atoms with Crippen LogP contribution in [0.25, 0.3) is 0 Å². The molecule has 1 aromatic carbocycles. The molecule has 0 aromatic heterocycles. The van der Waals surface area contributed by atoms with Gasteiger partial charge in [0.2, 0.25) is 10.0 Å². The standard InChI is InChI=1S/C13H19FN2O2S/c1-9-7-11(15)8-12(13(9)14)19(17,18)16-6-5-10-3-2-4-10/h7-8,10,16H,2-6,15H2,1H3. The summed E-state index contributed by atoms with van der Waals surface area (Å²) < 4.78 is 40.4. The number of nitrogens with one attached hydrogen (secondary N) is 1. The average molecular weight is 286 g/mol. The van der Waals surface area contributed by atoms with Crippen LogP contribution in [-0.2, 0) is 10.0 Å². The van der Waals surface area contributed by atoms with Crippen molar-refractivity contribution in [1.29, 1.82) is 0 Å². The fourth-order valence-corrected chi connectivity index (χ4v) is 3.45. The van der Waals surface area contributed by atoms with Gasteiger partial charge in [0.05, 0.1) is 0 Å². The number of halogens is 1. The Morgan fingerprint density at radius 1 is 1.42 bits per heavy atom. The maximum Gasteiger partial charge on any atom is 0.243 e. The van der Waals surface area contributed by atoms with E-state index in [0.717, 1.165) is 25.3 Å². The molecule has 6 heteroatoms. The molecule has 0 aliphatic heterocycles. The number of hydrogen-bond acceptors (Lipinski definition) is 3. The fourth-order valence-electron chi connectivity index (χ4n) is 2.22. The second kappa shape index (κ2) is 5.46. The molecule has 4 nitrogen and oxygen atoms in total. The highest BCUT2D eigenvalue weighted by Crippen LogP contribution is 2.29. The lowest BCUT2D eigenvalue weighted by molar-refractivity contribution is 0.297.